The predicted octanol–water partition coefficient (Wildman–Crippen LogP) is 2.79. The smallest absolute Gasteiger partial charge is 0.186 e. The Balaban J connectivity index is 1.96. The molecule has 3 aromatic heterocycles. The van der Waals surface area contributed by atoms with Crippen molar-refractivity contribution in [1.82, 2.24) is 19.6 Å². The molecule has 0 saturated carbocycles. The summed E-state index contributed by atoms with van der Waals surface area (Å²) in [6.07, 6.45) is 10.2. The number of aromatic nitrogens is 4. The van der Waals surface area contributed by atoms with Crippen molar-refractivity contribution < 1.29 is 0 Å². The van der Waals surface area contributed by atoms with E-state index in [9.17, 15) is 0 Å². The highest BCUT2D eigenvalue weighted by atomic mass is 32.3. The van der Waals surface area contributed by atoms with Crippen LogP contribution in [-0.4, -0.2) is 38.3 Å². The van der Waals surface area contributed by atoms with Crippen LogP contribution >= 0.6 is 10.0 Å². The average molecular weight is 296 g/mol. The number of hydrogen-bond donors (Lipinski definition) is 0. The Hall–Kier alpha value is -2.32. The van der Waals surface area contributed by atoms with Gasteiger partial charge in [-0.05, 0) is 48.3 Å². The second-order valence-electron chi connectivity index (χ2n) is 5.45. The van der Waals surface area contributed by atoms with Crippen molar-refractivity contribution in [2.75, 3.05) is 18.8 Å². The quantitative estimate of drug-likeness (QED) is 0.649. The lowest BCUT2D eigenvalue weighted by atomic mass is 10.2. The van der Waals surface area contributed by atoms with Crippen LogP contribution < -0.4 is 0 Å². The van der Waals surface area contributed by atoms with E-state index in [0.717, 1.165) is 22.7 Å². The van der Waals surface area contributed by atoms with Gasteiger partial charge in [0.15, 0.2) is 11.5 Å². The lowest BCUT2D eigenvalue weighted by molar-refractivity contribution is 1.09. The minimum Gasteiger partial charge on any atom is -0.281 e. The Kier molecular flexibility index (Phi) is 3.40. The van der Waals surface area contributed by atoms with Gasteiger partial charge in [0.05, 0.1) is 0 Å². The van der Waals surface area contributed by atoms with Crippen molar-refractivity contribution in [2.24, 2.45) is 0 Å². The molecule has 0 fully saturated rings. The van der Waals surface area contributed by atoms with Crippen molar-refractivity contribution in [3.05, 3.63) is 48.3 Å². The summed E-state index contributed by atoms with van der Waals surface area (Å²) in [6, 6.07) is 9.72. The Morgan fingerprint density at radius 3 is 2.62 bits per heavy atom. The second kappa shape index (κ2) is 5.23. The zero-order valence-electron chi connectivity index (χ0n) is 12.2. The zero-order valence-corrected chi connectivity index (χ0v) is 13.1. The van der Waals surface area contributed by atoms with Crippen molar-refractivity contribution in [3.63, 3.8) is 0 Å². The first-order valence-electron chi connectivity index (χ1n) is 6.50. The lowest BCUT2D eigenvalue weighted by Crippen LogP contribution is -1.92. The van der Waals surface area contributed by atoms with Crippen LogP contribution in [0.3, 0.4) is 0 Å². The maximum absolute atomic E-state index is 4.46. The van der Waals surface area contributed by atoms with Crippen molar-refractivity contribution in [1.29, 1.82) is 0 Å². The highest BCUT2D eigenvalue weighted by molar-refractivity contribution is 8.35. The summed E-state index contributed by atoms with van der Waals surface area (Å²) in [5.74, 6) is 3.92. The molecule has 4 nitrogen and oxygen atoms in total. The van der Waals surface area contributed by atoms with Crippen LogP contribution in [0.5, 0.6) is 0 Å². The van der Waals surface area contributed by atoms with Crippen LogP contribution in [0.15, 0.2) is 42.7 Å². The van der Waals surface area contributed by atoms with Gasteiger partial charge in [0.2, 0.25) is 0 Å². The molecular formula is C16H16N4S. The molecule has 0 N–H and O–H groups in total. The second-order valence-corrected chi connectivity index (χ2v) is 9.33. The molecule has 0 atom stereocenters. The van der Waals surface area contributed by atoms with Gasteiger partial charge in [-0.3, -0.25) is 9.38 Å². The van der Waals surface area contributed by atoms with E-state index in [4.69, 9.17) is 0 Å². The van der Waals surface area contributed by atoms with Gasteiger partial charge in [-0.15, -0.1) is 10.2 Å². The van der Waals surface area contributed by atoms with Crippen LogP contribution in [0, 0.1) is 11.2 Å². The third-order valence-electron chi connectivity index (χ3n) is 2.81. The van der Waals surface area contributed by atoms with E-state index in [1.54, 1.807) is 6.20 Å². The Morgan fingerprint density at radius 2 is 1.90 bits per heavy atom. The van der Waals surface area contributed by atoms with Crippen LogP contribution in [0.25, 0.3) is 17.2 Å². The summed E-state index contributed by atoms with van der Waals surface area (Å²) in [5, 5.41) is 11.6. The van der Waals surface area contributed by atoms with E-state index < -0.39 is 10.0 Å². The Morgan fingerprint density at radius 1 is 1.05 bits per heavy atom. The lowest BCUT2D eigenvalue weighted by Gasteiger charge is -2.14. The summed E-state index contributed by atoms with van der Waals surface area (Å²) in [6.45, 7) is 0. The number of hydrogen-bond acceptors (Lipinski definition) is 3. The maximum Gasteiger partial charge on any atom is 0.186 e. The predicted molar refractivity (Wildman–Crippen MR) is 88.5 cm³/mol. The normalized spacial score (nSPS) is 12.0. The molecule has 0 saturated heterocycles. The molecule has 0 amide bonds. The summed E-state index contributed by atoms with van der Waals surface area (Å²) in [4.78, 5) is 4.46. The fraction of sp³-hybridized carbons (Fsp3) is 0.188. The molecular weight excluding hydrogens is 280 g/mol. The molecule has 0 aliphatic carbocycles. The van der Waals surface area contributed by atoms with Crippen molar-refractivity contribution in [2.45, 2.75) is 0 Å². The summed E-state index contributed by atoms with van der Waals surface area (Å²) in [5.41, 5.74) is 2.53. The van der Waals surface area contributed by atoms with Gasteiger partial charge in [-0.2, -0.15) is 10.0 Å². The number of nitrogens with zero attached hydrogens (tertiary/aromatic N) is 4. The standard InChI is InChI=1S/C16H16N4S/c1-21(2,3)11-9-13-7-8-14(17-12-13)16-19-18-15-6-4-5-10-20(15)16/h4-8,10,12H,1-3H3. The SMILES string of the molecule is CS(C)(C)C#Cc1ccc(-c2nnc3ccccn23)nc1. The summed E-state index contributed by atoms with van der Waals surface area (Å²) < 4.78 is 1.92. The Labute approximate surface area is 125 Å². The van der Waals surface area contributed by atoms with Crippen LogP contribution in [-0.2, 0) is 0 Å². The van der Waals surface area contributed by atoms with E-state index in [0.29, 0.717) is 0 Å². The first-order chi connectivity index (χ1) is 10.0. The van der Waals surface area contributed by atoms with E-state index in [1.165, 1.54) is 0 Å². The number of fused-ring (bicyclic) bond motifs is 1. The molecule has 3 aromatic rings. The fourth-order valence-corrected chi connectivity index (χ4v) is 2.25. The molecule has 0 spiro atoms. The fourth-order valence-electron chi connectivity index (χ4n) is 1.83. The highest BCUT2D eigenvalue weighted by Gasteiger charge is 2.08. The number of pyridine rings is 2. The molecule has 106 valence electrons. The van der Waals surface area contributed by atoms with Gasteiger partial charge in [-0.25, -0.2) is 0 Å². The maximum atomic E-state index is 4.46. The van der Waals surface area contributed by atoms with Crippen molar-refractivity contribution in [3.8, 4) is 22.7 Å². The highest BCUT2D eigenvalue weighted by Crippen LogP contribution is 2.32. The van der Waals surface area contributed by atoms with Gasteiger partial charge in [-0.1, -0.05) is 12.0 Å². The average Bonchev–Trinajstić information content (AvgIpc) is 2.89. The first kappa shape index (κ1) is 13.7. The molecule has 0 aliphatic heterocycles. The third-order valence-corrected chi connectivity index (χ3v) is 3.52. The van der Waals surface area contributed by atoms with E-state index >= 15 is 0 Å². The Bertz CT molecular complexity index is 832. The first-order valence-corrected chi connectivity index (χ1v) is 9.36. The van der Waals surface area contributed by atoms with Crippen LogP contribution in [0.1, 0.15) is 5.56 Å². The minimum atomic E-state index is -0.820. The molecule has 3 heterocycles. The van der Waals surface area contributed by atoms with Gasteiger partial charge in [0, 0.05) is 18.0 Å². The molecule has 0 bridgehead atoms. The number of rotatable bonds is 1. The van der Waals surface area contributed by atoms with Crippen LogP contribution in [0.4, 0.5) is 0 Å². The molecule has 21 heavy (non-hydrogen) atoms. The van der Waals surface area contributed by atoms with Gasteiger partial charge in [0.1, 0.15) is 5.69 Å². The molecule has 3 rings (SSSR count). The monoisotopic (exact) mass is 296 g/mol. The van der Waals surface area contributed by atoms with E-state index in [1.807, 2.05) is 40.9 Å². The topological polar surface area (TPSA) is 43.1 Å². The third kappa shape index (κ3) is 3.06. The summed E-state index contributed by atoms with van der Waals surface area (Å²) in [7, 11) is -0.820. The molecule has 0 radical (unpaired) electrons. The molecule has 5 heteroatoms. The van der Waals surface area contributed by atoms with Crippen molar-refractivity contribution >= 4 is 15.7 Å². The van der Waals surface area contributed by atoms with Gasteiger partial charge in [0.25, 0.3) is 0 Å². The zero-order chi connectivity index (χ0) is 14.9. The molecule has 0 unspecified atom stereocenters. The largest absolute Gasteiger partial charge is 0.281 e. The summed E-state index contributed by atoms with van der Waals surface area (Å²) >= 11 is 0. The molecule has 0 aliphatic rings. The molecule has 0 aromatic carbocycles. The van der Waals surface area contributed by atoms with Gasteiger partial charge < -0.3 is 0 Å². The van der Waals surface area contributed by atoms with E-state index in [-0.39, 0.29) is 0 Å². The van der Waals surface area contributed by atoms with E-state index in [2.05, 4.69) is 45.1 Å². The van der Waals surface area contributed by atoms with Crippen LogP contribution in [0.2, 0.25) is 0 Å². The minimum absolute atomic E-state index is 0.742. The van der Waals surface area contributed by atoms with Gasteiger partial charge >= 0.3 is 0 Å².